The summed E-state index contributed by atoms with van der Waals surface area (Å²) in [6, 6.07) is 1.62. The van der Waals surface area contributed by atoms with Crippen LogP contribution in [-0.4, -0.2) is 15.5 Å². The lowest BCUT2D eigenvalue weighted by Gasteiger charge is -2.10. The van der Waals surface area contributed by atoms with Crippen LogP contribution in [0.25, 0.3) is 0 Å². The van der Waals surface area contributed by atoms with Gasteiger partial charge < -0.3 is 5.32 Å². The Bertz CT molecular complexity index is 610. The van der Waals surface area contributed by atoms with E-state index in [9.17, 15) is 9.59 Å². The van der Waals surface area contributed by atoms with Crippen molar-refractivity contribution < 1.29 is 4.79 Å². The van der Waals surface area contributed by atoms with Crippen LogP contribution in [0.4, 0.5) is 5.82 Å². The molecule has 0 aromatic carbocycles. The highest BCUT2D eigenvalue weighted by Gasteiger charge is 2.09. The Kier molecular flexibility index (Phi) is 5.65. The van der Waals surface area contributed by atoms with E-state index in [0.29, 0.717) is 5.57 Å². The molecule has 0 fully saturated rings. The van der Waals surface area contributed by atoms with E-state index in [2.05, 4.69) is 16.9 Å². The molecule has 0 saturated carbocycles. The van der Waals surface area contributed by atoms with Crippen LogP contribution in [0.1, 0.15) is 26.8 Å². The standard InChI is InChI=1S/C15H19N3O2/c1-5-7-12(8-6-2)14(19)16-13-9-10-18(11(3)4)15(20)17-13/h5-11H,1H2,2-4H3,(H,16,17,19,20)/b8-6-,12-7+. The van der Waals surface area contributed by atoms with Crippen molar-refractivity contribution in [3.05, 3.63) is 59.2 Å². The molecule has 20 heavy (non-hydrogen) atoms. The largest absolute Gasteiger partial charge is 0.349 e. The van der Waals surface area contributed by atoms with Gasteiger partial charge in [0.05, 0.1) is 0 Å². The lowest BCUT2D eigenvalue weighted by atomic mass is 10.2. The maximum Gasteiger partial charge on any atom is 0.349 e. The van der Waals surface area contributed by atoms with Crippen molar-refractivity contribution in [1.29, 1.82) is 0 Å². The van der Waals surface area contributed by atoms with E-state index in [1.807, 2.05) is 20.8 Å². The van der Waals surface area contributed by atoms with Gasteiger partial charge in [0.2, 0.25) is 0 Å². The van der Waals surface area contributed by atoms with Crippen LogP contribution < -0.4 is 11.0 Å². The minimum Gasteiger partial charge on any atom is -0.306 e. The van der Waals surface area contributed by atoms with Crippen LogP contribution in [0, 0.1) is 0 Å². The van der Waals surface area contributed by atoms with Crippen LogP contribution in [0.2, 0.25) is 0 Å². The highest BCUT2D eigenvalue weighted by atomic mass is 16.2. The van der Waals surface area contributed by atoms with Crippen molar-refractivity contribution in [1.82, 2.24) is 9.55 Å². The molecule has 1 aromatic rings. The van der Waals surface area contributed by atoms with Gasteiger partial charge in [0.15, 0.2) is 0 Å². The predicted octanol–water partition coefficient (Wildman–Crippen LogP) is 2.45. The van der Waals surface area contributed by atoms with Crippen molar-refractivity contribution in [3.63, 3.8) is 0 Å². The lowest BCUT2D eigenvalue weighted by Crippen LogP contribution is -2.26. The molecule has 0 saturated heterocycles. The summed E-state index contributed by atoms with van der Waals surface area (Å²) < 4.78 is 1.49. The summed E-state index contributed by atoms with van der Waals surface area (Å²) in [5.41, 5.74) is 0.0513. The van der Waals surface area contributed by atoms with Gasteiger partial charge in [-0.05, 0) is 26.8 Å². The van der Waals surface area contributed by atoms with E-state index in [1.165, 1.54) is 10.6 Å². The van der Waals surface area contributed by atoms with Gasteiger partial charge in [0, 0.05) is 17.8 Å². The summed E-state index contributed by atoms with van der Waals surface area (Å²) in [5, 5.41) is 2.59. The fourth-order valence-electron chi connectivity index (χ4n) is 1.58. The summed E-state index contributed by atoms with van der Waals surface area (Å²) in [6.45, 7) is 9.14. The summed E-state index contributed by atoms with van der Waals surface area (Å²) >= 11 is 0. The number of aromatic nitrogens is 2. The van der Waals surface area contributed by atoms with Crippen LogP contribution in [0.15, 0.2) is 53.5 Å². The highest BCUT2D eigenvalue weighted by Crippen LogP contribution is 2.06. The van der Waals surface area contributed by atoms with E-state index in [1.54, 1.807) is 30.5 Å². The molecule has 0 aliphatic heterocycles. The molecule has 0 spiro atoms. The Morgan fingerprint density at radius 2 is 2.20 bits per heavy atom. The summed E-state index contributed by atoms with van der Waals surface area (Å²) in [6.07, 6.45) is 8.14. The Hall–Kier alpha value is -2.43. The van der Waals surface area contributed by atoms with Crippen LogP contribution in [0.3, 0.4) is 0 Å². The zero-order valence-electron chi connectivity index (χ0n) is 12.0. The Balaban J connectivity index is 2.96. The molecule has 5 heteroatoms. The smallest absolute Gasteiger partial charge is 0.306 e. The first-order valence-corrected chi connectivity index (χ1v) is 6.35. The molecule has 0 bridgehead atoms. The molecule has 5 nitrogen and oxygen atoms in total. The van der Waals surface area contributed by atoms with Crippen molar-refractivity contribution in [3.8, 4) is 0 Å². The van der Waals surface area contributed by atoms with Crippen LogP contribution in [0.5, 0.6) is 0 Å². The third kappa shape index (κ3) is 4.05. The van der Waals surface area contributed by atoms with E-state index >= 15 is 0 Å². The number of hydrogen-bond acceptors (Lipinski definition) is 3. The number of amides is 1. The fraction of sp³-hybridized carbons (Fsp3) is 0.267. The first-order valence-electron chi connectivity index (χ1n) is 6.35. The normalized spacial score (nSPS) is 11.9. The molecule has 0 aliphatic rings. The zero-order chi connectivity index (χ0) is 15.1. The number of hydrogen-bond donors (Lipinski definition) is 1. The minimum atomic E-state index is -0.391. The highest BCUT2D eigenvalue weighted by molar-refractivity contribution is 6.05. The van der Waals surface area contributed by atoms with Gasteiger partial charge in [0.25, 0.3) is 5.91 Å². The monoisotopic (exact) mass is 273 g/mol. The molecule has 1 heterocycles. The molecule has 1 N–H and O–H groups in total. The molecule has 0 atom stereocenters. The Morgan fingerprint density at radius 1 is 1.50 bits per heavy atom. The second-order valence-corrected chi connectivity index (χ2v) is 4.41. The Labute approximate surface area is 118 Å². The quantitative estimate of drug-likeness (QED) is 0.662. The number of allylic oxidation sites excluding steroid dienone is 3. The number of nitrogens with zero attached hydrogens (tertiary/aromatic N) is 2. The van der Waals surface area contributed by atoms with E-state index < -0.39 is 5.69 Å². The average molecular weight is 273 g/mol. The van der Waals surface area contributed by atoms with Gasteiger partial charge in [0.1, 0.15) is 5.82 Å². The molecule has 0 radical (unpaired) electrons. The number of nitrogens with one attached hydrogen (secondary N) is 1. The van der Waals surface area contributed by atoms with Gasteiger partial charge >= 0.3 is 5.69 Å². The van der Waals surface area contributed by atoms with Crippen LogP contribution >= 0.6 is 0 Å². The maximum atomic E-state index is 12.0. The van der Waals surface area contributed by atoms with Crippen molar-refractivity contribution in [2.24, 2.45) is 0 Å². The first kappa shape index (κ1) is 15.6. The van der Waals surface area contributed by atoms with Gasteiger partial charge in [-0.25, -0.2) is 4.79 Å². The van der Waals surface area contributed by atoms with Crippen molar-refractivity contribution >= 4 is 11.7 Å². The third-order valence-corrected chi connectivity index (χ3v) is 2.53. The second-order valence-electron chi connectivity index (χ2n) is 4.41. The molecule has 0 unspecified atom stereocenters. The lowest BCUT2D eigenvalue weighted by molar-refractivity contribution is -0.112. The third-order valence-electron chi connectivity index (χ3n) is 2.53. The molecule has 1 aromatic heterocycles. The van der Waals surface area contributed by atoms with Crippen molar-refractivity contribution in [2.75, 3.05) is 5.32 Å². The number of carbonyl (C=O) groups excluding carboxylic acids is 1. The molecule has 0 aliphatic carbocycles. The molecule has 1 amide bonds. The topological polar surface area (TPSA) is 64.0 Å². The second kappa shape index (κ2) is 7.23. The number of carbonyl (C=O) groups is 1. The zero-order valence-corrected chi connectivity index (χ0v) is 12.0. The minimum absolute atomic E-state index is 0.0269. The maximum absolute atomic E-state index is 12.0. The first-order chi connectivity index (χ1) is 9.49. The summed E-state index contributed by atoms with van der Waals surface area (Å²) in [5.74, 6) is -0.103. The number of rotatable bonds is 5. The van der Waals surface area contributed by atoms with Gasteiger partial charge in [-0.1, -0.05) is 30.9 Å². The molecular formula is C15H19N3O2. The summed E-state index contributed by atoms with van der Waals surface area (Å²) in [4.78, 5) is 27.6. The van der Waals surface area contributed by atoms with E-state index in [-0.39, 0.29) is 17.8 Å². The predicted molar refractivity (Wildman–Crippen MR) is 80.6 cm³/mol. The molecular weight excluding hydrogens is 254 g/mol. The molecule has 106 valence electrons. The van der Waals surface area contributed by atoms with Crippen molar-refractivity contribution in [2.45, 2.75) is 26.8 Å². The molecule has 1 rings (SSSR count). The van der Waals surface area contributed by atoms with E-state index in [0.717, 1.165) is 0 Å². The van der Waals surface area contributed by atoms with E-state index in [4.69, 9.17) is 0 Å². The van der Waals surface area contributed by atoms with Gasteiger partial charge in [-0.2, -0.15) is 4.98 Å². The van der Waals surface area contributed by atoms with Crippen LogP contribution in [-0.2, 0) is 4.79 Å². The average Bonchev–Trinajstić information content (AvgIpc) is 2.38. The van der Waals surface area contributed by atoms with Gasteiger partial charge in [-0.3, -0.25) is 9.36 Å². The van der Waals surface area contributed by atoms with Gasteiger partial charge in [-0.15, -0.1) is 0 Å². The SMILES string of the molecule is C=C/C=C(\C=C/C)C(=O)Nc1ccn(C(C)C)c(=O)n1. The Morgan fingerprint density at radius 3 is 2.70 bits per heavy atom. The summed E-state index contributed by atoms with van der Waals surface area (Å²) in [7, 11) is 0. The fourth-order valence-corrected chi connectivity index (χ4v) is 1.58. The number of anilines is 1.